The van der Waals surface area contributed by atoms with Crippen LogP contribution in [0, 0.1) is 11.8 Å². The van der Waals surface area contributed by atoms with Crippen molar-refractivity contribution in [1.29, 1.82) is 0 Å². The zero-order valence-electron chi connectivity index (χ0n) is 27.8. The van der Waals surface area contributed by atoms with Crippen LogP contribution < -0.4 is 4.90 Å². The Labute approximate surface area is 282 Å². The molecule has 2 fully saturated rings. The van der Waals surface area contributed by atoms with E-state index in [1.165, 1.54) is 32.1 Å². The lowest BCUT2D eigenvalue weighted by Crippen LogP contribution is -2.49. The molecule has 2 aliphatic heterocycles. The zero-order valence-corrected chi connectivity index (χ0v) is 30.2. The van der Waals surface area contributed by atoms with Crippen LogP contribution in [-0.2, 0) is 33.2 Å². The van der Waals surface area contributed by atoms with Crippen LogP contribution in [0.1, 0.15) is 63.0 Å². The van der Waals surface area contributed by atoms with Gasteiger partial charge in [-0.3, -0.25) is 0 Å². The highest BCUT2D eigenvalue weighted by atomic mass is 35.5. The Balaban J connectivity index is 1.40. The maximum Gasteiger partial charge on any atom is 0.282 e. The number of benzene rings is 2. The Kier molecular flexibility index (Phi) is 12.1. The molecule has 12 heteroatoms. The first-order valence-corrected chi connectivity index (χ1v) is 20.2. The molecule has 1 atom stereocenters. The van der Waals surface area contributed by atoms with E-state index < -0.39 is 20.2 Å². The summed E-state index contributed by atoms with van der Waals surface area (Å²) in [6.07, 6.45) is 8.42. The molecule has 0 spiro atoms. The fourth-order valence-electron chi connectivity index (χ4n) is 7.26. The van der Waals surface area contributed by atoms with Crippen LogP contribution in [-0.4, -0.2) is 101 Å². The Morgan fingerprint density at radius 2 is 1.48 bits per heavy atom. The summed E-state index contributed by atoms with van der Waals surface area (Å²) >= 11 is 6.21. The van der Waals surface area contributed by atoms with Gasteiger partial charge in [-0.05, 0) is 98.5 Å². The minimum Gasteiger partial charge on any atom is -0.378 e. The maximum absolute atomic E-state index is 14.3. The van der Waals surface area contributed by atoms with Crippen molar-refractivity contribution in [1.82, 2.24) is 17.8 Å². The molecule has 1 aliphatic carbocycles. The molecule has 0 aromatic heterocycles. The van der Waals surface area contributed by atoms with E-state index >= 15 is 0 Å². The van der Waals surface area contributed by atoms with E-state index in [0.29, 0.717) is 43.5 Å². The largest absolute Gasteiger partial charge is 0.378 e. The standard InChI is InChI=1S/C34H52ClN5O4S2/c1-28-24-38(45(41,42)34-13-7-12-33(23-34)36(2)3)19-8-17-37(26-29-10-5-4-6-11-29)18-9-20-39(25-28)46(43,44)40-21-16-30-22-32(35)15-14-31(30)27-40/h7,12-15,22-23,28-29H,4-6,8-11,16-21,24-27H2,1-3H3/t28-/m0/s1. The number of hydrogen-bond acceptors (Lipinski definition) is 6. The van der Waals surface area contributed by atoms with Crippen molar-refractivity contribution >= 4 is 37.5 Å². The van der Waals surface area contributed by atoms with Gasteiger partial charge in [0.2, 0.25) is 10.0 Å². The number of rotatable bonds is 7. The van der Waals surface area contributed by atoms with Crippen LogP contribution >= 0.6 is 11.6 Å². The summed E-state index contributed by atoms with van der Waals surface area (Å²) in [5.41, 5.74) is 2.90. The molecule has 9 nitrogen and oxygen atoms in total. The predicted octanol–water partition coefficient (Wildman–Crippen LogP) is 5.31. The van der Waals surface area contributed by atoms with E-state index in [4.69, 9.17) is 11.6 Å². The summed E-state index contributed by atoms with van der Waals surface area (Å²) in [6, 6.07) is 12.8. The summed E-state index contributed by atoms with van der Waals surface area (Å²) in [7, 11) is -3.78. The van der Waals surface area contributed by atoms with Gasteiger partial charge in [-0.15, -0.1) is 0 Å². The van der Waals surface area contributed by atoms with Crippen LogP contribution in [0.15, 0.2) is 47.4 Å². The molecule has 1 saturated heterocycles. The summed E-state index contributed by atoms with van der Waals surface area (Å²) in [5.74, 6) is 0.451. The van der Waals surface area contributed by atoms with E-state index in [2.05, 4.69) is 4.90 Å². The van der Waals surface area contributed by atoms with E-state index in [9.17, 15) is 16.8 Å². The number of hydrogen-bond donors (Lipinski definition) is 0. The van der Waals surface area contributed by atoms with E-state index in [-0.39, 0.29) is 23.9 Å². The third-order valence-corrected chi connectivity index (χ3v) is 13.9. The second-order valence-corrected chi connectivity index (χ2v) is 18.0. The van der Waals surface area contributed by atoms with Crippen molar-refractivity contribution in [3.8, 4) is 0 Å². The second-order valence-electron chi connectivity index (χ2n) is 13.7. The average molecular weight is 694 g/mol. The molecule has 0 unspecified atom stereocenters. The monoisotopic (exact) mass is 693 g/mol. The van der Waals surface area contributed by atoms with Crippen molar-refractivity contribution < 1.29 is 16.8 Å². The van der Waals surface area contributed by atoms with Crippen LogP contribution in [0.25, 0.3) is 0 Å². The lowest BCUT2D eigenvalue weighted by Gasteiger charge is -2.36. The lowest BCUT2D eigenvalue weighted by molar-refractivity contribution is 0.179. The number of fused-ring (bicyclic) bond motifs is 1. The van der Waals surface area contributed by atoms with Gasteiger partial charge < -0.3 is 9.80 Å². The smallest absolute Gasteiger partial charge is 0.282 e. The minimum atomic E-state index is -3.80. The van der Waals surface area contributed by atoms with Gasteiger partial charge in [0.25, 0.3) is 10.2 Å². The van der Waals surface area contributed by atoms with Crippen LogP contribution in [0.4, 0.5) is 5.69 Å². The molecule has 46 heavy (non-hydrogen) atoms. The summed E-state index contributed by atoms with van der Waals surface area (Å²) in [4.78, 5) is 4.63. The first-order valence-electron chi connectivity index (χ1n) is 17.0. The fraction of sp³-hybridized carbons (Fsp3) is 0.647. The molecule has 0 N–H and O–H groups in total. The number of nitrogens with zero attached hydrogens (tertiary/aromatic N) is 5. The third-order valence-electron chi connectivity index (χ3n) is 9.81. The fourth-order valence-corrected chi connectivity index (χ4v) is 10.8. The molecule has 0 radical (unpaired) electrons. The molecule has 0 bridgehead atoms. The van der Waals surface area contributed by atoms with Gasteiger partial charge in [-0.2, -0.15) is 21.3 Å². The topological polar surface area (TPSA) is 84.5 Å². The Bertz CT molecular complexity index is 1530. The van der Waals surface area contributed by atoms with Crippen LogP contribution in [0.3, 0.4) is 0 Å². The lowest BCUT2D eigenvalue weighted by atomic mass is 9.89. The summed E-state index contributed by atoms with van der Waals surface area (Å²) in [6.45, 7) is 6.61. The summed E-state index contributed by atoms with van der Waals surface area (Å²) < 4.78 is 61.6. The number of sulfonamides is 1. The first kappa shape index (κ1) is 35.6. The van der Waals surface area contributed by atoms with E-state index in [1.807, 2.05) is 50.2 Å². The molecular weight excluding hydrogens is 642 g/mol. The third kappa shape index (κ3) is 8.84. The van der Waals surface area contributed by atoms with Gasteiger partial charge in [0.05, 0.1) is 4.90 Å². The van der Waals surface area contributed by atoms with Crippen molar-refractivity contribution in [3.63, 3.8) is 0 Å². The molecule has 1 saturated carbocycles. The van der Waals surface area contributed by atoms with Gasteiger partial charge >= 0.3 is 0 Å². The number of anilines is 1. The molecule has 2 aromatic rings. The van der Waals surface area contributed by atoms with Gasteiger partial charge in [0.1, 0.15) is 0 Å². The average Bonchev–Trinajstić information content (AvgIpc) is 3.03. The zero-order chi connectivity index (χ0) is 32.9. The minimum absolute atomic E-state index is 0.199. The summed E-state index contributed by atoms with van der Waals surface area (Å²) in [5, 5.41) is 0.665. The molecular formula is C34H52ClN5O4S2. The molecule has 256 valence electrons. The van der Waals surface area contributed by atoms with E-state index in [1.54, 1.807) is 31.1 Å². The van der Waals surface area contributed by atoms with Crippen molar-refractivity contribution in [2.45, 2.75) is 69.7 Å². The quantitative estimate of drug-likeness (QED) is 0.391. The SMILES string of the molecule is C[C@H]1CN(S(=O)(=O)c2cccc(N(C)C)c2)CCCN(CC2CCCCC2)CCCN(S(=O)(=O)N2CCc3cc(Cl)ccc3C2)C1. The van der Waals surface area contributed by atoms with Crippen molar-refractivity contribution in [2.75, 3.05) is 71.4 Å². The highest BCUT2D eigenvalue weighted by Gasteiger charge is 2.35. The van der Waals surface area contributed by atoms with Gasteiger partial charge in [0.15, 0.2) is 0 Å². The Morgan fingerprint density at radius 3 is 2.20 bits per heavy atom. The van der Waals surface area contributed by atoms with Crippen LogP contribution in [0.2, 0.25) is 5.02 Å². The normalized spacial score (nSPS) is 22.9. The molecule has 3 aliphatic rings. The van der Waals surface area contributed by atoms with E-state index in [0.717, 1.165) is 49.3 Å². The Morgan fingerprint density at radius 1 is 0.783 bits per heavy atom. The predicted molar refractivity (Wildman–Crippen MR) is 187 cm³/mol. The van der Waals surface area contributed by atoms with Gasteiger partial charge in [-0.1, -0.05) is 49.9 Å². The number of halogens is 1. The molecule has 2 heterocycles. The van der Waals surface area contributed by atoms with Crippen molar-refractivity contribution in [2.24, 2.45) is 11.8 Å². The van der Waals surface area contributed by atoms with Gasteiger partial charge in [0, 0.05) is 70.6 Å². The molecule has 2 aromatic carbocycles. The molecule has 0 amide bonds. The van der Waals surface area contributed by atoms with Crippen LogP contribution in [0.5, 0.6) is 0 Å². The van der Waals surface area contributed by atoms with Crippen molar-refractivity contribution in [3.05, 3.63) is 58.6 Å². The highest BCUT2D eigenvalue weighted by Crippen LogP contribution is 2.28. The highest BCUT2D eigenvalue weighted by molar-refractivity contribution is 7.89. The maximum atomic E-state index is 14.3. The van der Waals surface area contributed by atoms with Gasteiger partial charge in [-0.25, -0.2) is 8.42 Å². The molecule has 5 rings (SSSR count). The second kappa shape index (κ2) is 15.7. The Hall–Kier alpha value is -1.73. The first-order chi connectivity index (χ1) is 21.9.